The molecular weight excluding hydrogens is 360 g/mol. The van der Waals surface area contributed by atoms with Gasteiger partial charge >= 0.3 is 0 Å². The molecule has 0 saturated carbocycles. The van der Waals surface area contributed by atoms with Crippen LogP contribution in [0.5, 0.6) is 11.5 Å². The Morgan fingerprint density at radius 3 is 2.62 bits per heavy atom. The highest BCUT2D eigenvalue weighted by molar-refractivity contribution is 5.73. The van der Waals surface area contributed by atoms with Crippen molar-refractivity contribution in [2.45, 2.75) is 33.3 Å². The quantitative estimate of drug-likeness (QED) is 0.663. The molecule has 4 rings (SSSR count). The molecule has 1 aliphatic heterocycles. The Morgan fingerprint density at radius 2 is 1.79 bits per heavy atom. The fourth-order valence-electron chi connectivity index (χ4n) is 3.79. The van der Waals surface area contributed by atoms with Crippen LogP contribution in [-0.2, 0) is 19.4 Å². The van der Waals surface area contributed by atoms with Gasteiger partial charge in [-0.25, -0.2) is 0 Å². The van der Waals surface area contributed by atoms with E-state index in [4.69, 9.17) is 9.47 Å². The van der Waals surface area contributed by atoms with Gasteiger partial charge in [0, 0.05) is 11.8 Å². The number of aromatic nitrogens is 1. The summed E-state index contributed by atoms with van der Waals surface area (Å²) < 4.78 is 12.0. The van der Waals surface area contributed by atoms with Crippen molar-refractivity contribution in [2.75, 3.05) is 19.7 Å². The Labute approximate surface area is 172 Å². The molecule has 0 aliphatic carbocycles. The Morgan fingerprint density at radius 1 is 0.931 bits per heavy atom. The van der Waals surface area contributed by atoms with Gasteiger partial charge < -0.3 is 14.8 Å². The summed E-state index contributed by atoms with van der Waals surface area (Å²) in [7, 11) is 0. The van der Waals surface area contributed by atoms with Gasteiger partial charge in [-0.05, 0) is 92.4 Å². The first-order valence-electron chi connectivity index (χ1n) is 10.4. The number of ether oxygens (including phenoxy) is 2. The number of rotatable bonds is 6. The molecule has 4 heteroatoms. The normalized spacial score (nSPS) is 13.4. The van der Waals surface area contributed by atoms with E-state index in [0.29, 0.717) is 13.2 Å². The third-order valence-corrected chi connectivity index (χ3v) is 5.27. The van der Waals surface area contributed by atoms with Gasteiger partial charge in [-0.15, -0.1) is 0 Å². The average Bonchev–Trinajstić information content (AvgIpc) is 2.98. The molecule has 29 heavy (non-hydrogen) atoms. The van der Waals surface area contributed by atoms with Crippen LogP contribution in [0.4, 0.5) is 0 Å². The van der Waals surface area contributed by atoms with Gasteiger partial charge in [0.05, 0.1) is 12.3 Å². The lowest BCUT2D eigenvalue weighted by Gasteiger charge is -2.15. The van der Waals surface area contributed by atoms with Crippen LogP contribution in [0.1, 0.15) is 29.3 Å². The van der Waals surface area contributed by atoms with Gasteiger partial charge in [0.15, 0.2) is 0 Å². The lowest BCUT2D eigenvalue weighted by Crippen LogP contribution is -2.16. The maximum absolute atomic E-state index is 6.20. The van der Waals surface area contributed by atoms with Crippen molar-refractivity contribution in [3.05, 3.63) is 77.1 Å². The van der Waals surface area contributed by atoms with Crippen LogP contribution in [-0.4, -0.2) is 24.7 Å². The number of benzene rings is 2. The monoisotopic (exact) mass is 388 g/mol. The first-order chi connectivity index (χ1) is 14.2. The van der Waals surface area contributed by atoms with Crippen LogP contribution in [0.3, 0.4) is 0 Å². The van der Waals surface area contributed by atoms with E-state index in [1.54, 1.807) is 0 Å². The first-order valence-corrected chi connectivity index (χ1v) is 10.4. The van der Waals surface area contributed by atoms with Gasteiger partial charge in [0.2, 0.25) is 0 Å². The van der Waals surface area contributed by atoms with Crippen molar-refractivity contribution in [1.29, 1.82) is 0 Å². The van der Waals surface area contributed by atoms with Gasteiger partial charge in [0.25, 0.3) is 0 Å². The number of hydrogen-bond donors (Lipinski definition) is 1. The molecule has 3 aromatic rings. The number of fused-ring (bicyclic) bond motifs is 1. The molecule has 4 nitrogen and oxygen atoms in total. The maximum Gasteiger partial charge on any atom is 0.130 e. The maximum atomic E-state index is 6.20. The topological polar surface area (TPSA) is 43.4 Å². The fraction of sp³-hybridized carbons (Fsp3) is 0.320. The first kappa shape index (κ1) is 19.5. The minimum atomic E-state index is 0.442. The highest BCUT2D eigenvalue weighted by Crippen LogP contribution is 2.35. The third kappa shape index (κ3) is 4.77. The second kappa shape index (κ2) is 9.10. The molecule has 0 radical (unpaired) electrons. The molecule has 0 bridgehead atoms. The van der Waals surface area contributed by atoms with E-state index >= 15 is 0 Å². The number of aryl methyl sites for hydroxylation is 1. The van der Waals surface area contributed by atoms with Crippen LogP contribution in [0.15, 0.2) is 54.7 Å². The van der Waals surface area contributed by atoms with E-state index in [1.165, 1.54) is 22.3 Å². The molecule has 150 valence electrons. The van der Waals surface area contributed by atoms with Crippen molar-refractivity contribution in [3.63, 3.8) is 0 Å². The van der Waals surface area contributed by atoms with Crippen molar-refractivity contribution in [3.8, 4) is 22.6 Å². The molecule has 1 aromatic heterocycles. The Bertz CT molecular complexity index is 984. The van der Waals surface area contributed by atoms with Crippen molar-refractivity contribution >= 4 is 0 Å². The number of pyridine rings is 1. The Kier molecular flexibility index (Phi) is 6.11. The molecule has 0 spiro atoms. The van der Waals surface area contributed by atoms with Crippen LogP contribution >= 0.6 is 0 Å². The van der Waals surface area contributed by atoms with Crippen molar-refractivity contribution in [2.24, 2.45) is 0 Å². The van der Waals surface area contributed by atoms with Gasteiger partial charge in [0.1, 0.15) is 18.1 Å². The Balaban J connectivity index is 1.66. The lowest BCUT2D eigenvalue weighted by molar-refractivity contribution is 0.300. The summed E-state index contributed by atoms with van der Waals surface area (Å²) in [5.74, 6) is 1.71. The summed E-state index contributed by atoms with van der Waals surface area (Å²) in [6.45, 7) is 7.23. The second-order valence-corrected chi connectivity index (χ2v) is 7.44. The van der Waals surface area contributed by atoms with Crippen LogP contribution < -0.4 is 14.8 Å². The molecule has 0 amide bonds. The van der Waals surface area contributed by atoms with Crippen molar-refractivity contribution in [1.82, 2.24) is 10.3 Å². The van der Waals surface area contributed by atoms with E-state index in [0.717, 1.165) is 48.7 Å². The molecule has 2 aromatic carbocycles. The molecule has 0 atom stereocenters. The number of nitrogens with one attached hydrogen (secondary N) is 1. The predicted molar refractivity (Wildman–Crippen MR) is 117 cm³/mol. The average molecular weight is 389 g/mol. The molecular formula is C25H28N2O2. The van der Waals surface area contributed by atoms with Crippen LogP contribution in [0, 0.1) is 6.92 Å². The largest absolute Gasteiger partial charge is 0.494 e. The predicted octanol–water partition coefficient (Wildman–Crippen LogP) is 4.72. The highest BCUT2D eigenvalue weighted by atomic mass is 16.5. The molecule has 0 saturated heterocycles. The zero-order valence-corrected chi connectivity index (χ0v) is 17.2. The van der Waals surface area contributed by atoms with Gasteiger partial charge in [-0.1, -0.05) is 18.2 Å². The highest BCUT2D eigenvalue weighted by Gasteiger charge is 2.13. The summed E-state index contributed by atoms with van der Waals surface area (Å²) in [6, 6.07) is 16.9. The van der Waals surface area contributed by atoms with Crippen LogP contribution in [0.25, 0.3) is 11.1 Å². The zero-order valence-electron chi connectivity index (χ0n) is 17.2. The minimum Gasteiger partial charge on any atom is -0.494 e. The van der Waals surface area contributed by atoms with E-state index in [1.807, 2.05) is 31.3 Å². The summed E-state index contributed by atoms with van der Waals surface area (Å²) in [5.41, 5.74) is 7.19. The zero-order chi connectivity index (χ0) is 20.1. The van der Waals surface area contributed by atoms with Crippen LogP contribution in [0.2, 0.25) is 0 Å². The summed E-state index contributed by atoms with van der Waals surface area (Å²) in [6.07, 6.45) is 3.96. The third-order valence-electron chi connectivity index (χ3n) is 5.27. The molecule has 0 fully saturated rings. The molecule has 2 heterocycles. The molecule has 1 aliphatic rings. The van der Waals surface area contributed by atoms with Gasteiger partial charge in [-0.3, -0.25) is 4.98 Å². The number of nitrogens with zero attached hydrogens (tertiary/aromatic N) is 1. The summed E-state index contributed by atoms with van der Waals surface area (Å²) >= 11 is 0. The molecule has 0 unspecified atom stereocenters. The Hall–Kier alpha value is -2.85. The summed E-state index contributed by atoms with van der Waals surface area (Å²) in [4.78, 5) is 4.42. The van der Waals surface area contributed by atoms with E-state index in [9.17, 15) is 0 Å². The lowest BCUT2D eigenvalue weighted by atomic mass is 9.96. The van der Waals surface area contributed by atoms with E-state index < -0.39 is 0 Å². The molecule has 1 N–H and O–H groups in total. The smallest absolute Gasteiger partial charge is 0.130 e. The SMILES string of the molecule is CCOc1ccc(OCc2cc(C)ccn2)c(-c2ccc3c(c2)CCNCC3)c1. The minimum absolute atomic E-state index is 0.442. The second-order valence-electron chi connectivity index (χ2n) is 7.44. The van der Waals surface area contributed by atoms with Crippen molar-refractivity contribution < 1.29 is 9.47 Å². The fourth-order valence-corrected chi connectivity index (χ4v) is 3.79. The van der Waals surface area contributed by atoms with E-state index in [-0.39, 0.29) is 0 Å². The van der Waals surface area contributed by atoms with Gasteiger partial charge in [-0.2, -0.15) is 0 Å². The summed E-state index contributed by atoms with van der Waals surface area (Å²) in [5, 5.41) is 3.48. The standard InChI is InChI=1S/C25H28N2O2/c1-3-28-23-6-7-25(29-17-22-14-18(2)8-13-27-22)24(16-23)21-5-4-19-9-11-26-12-10-20(19)15-21/h4-8,13-16,26H,3,9-12,17H2,1-2H3. The number of hydrogen-bond acceptors (Lipinski definition) is 4. The van der Waals surface area contributed by atoms with E-state index in [2.05, 4.69) is 47.6 Å².